The van der Waals surface area contributed by atoms with E-state index in [4.69, 9.17) is 16.3 Å². The molecule has 6 heteroatoms. The van der Waals surface area contributed by atoms with Crippen molar-refractivity contribution in [1.82, 2.24) is 9.97 Å². The van der Waals surface area contributed by atoms with E-state index in [1.165, 1.54) is 24.0 Å². The fraction of sp³-hybridized carbons (Fsp3) is 0.222. The van der Waals surface area contributed by atoms with Crippen LogP contribution in [0.5, 0.6) is 0 Å². The number of hydrogen-bond donors (Lipinski definition) is 0. The molecule has 0 saturated heterocycles. The lowest BCUT2D eigenvalue weighted by molar-refractivity contribution is 0.0542. The van der Waals surface area contributed by atoms with E-state index in [0.29, 0.717) is 5.16 Å². The normalized spacial score (nSPS) is 9.73. The molecule has 0 aliphatic heterocycles. The van der Waals surface area contributed by atoms with E-state index in [-0.39, 0.29) is 17.3 Å². The van der Waals surface area contributed by atoms with Gasteiger partial charge in [-0.3, -0.25) is 0 Å². The number of carbonyl (C=O) groups excluding carboxylic acids is 1. The summed E-state index contributed by atoms with van der Waals surface area (Å²) in [7, 11) is 0. The molecular formula is C9H9ClN2O2S. The third kappa shape index (κ3) is 3.21. The summed E-state index contributed by atoms with van der Waals surface area (Å²) in [4.78, 5) is 19.3. The number of hydrogen-bond acceptors (Lipinski definition) is 5. The number of carbonyl (C=O) groups is 1. The molecule has 1 aromatic heterocycles. The van der Waals surface area contributed by atoms with Crippen LogP contribution in [0.25, 0.3) is 0 Å². The van der Waals surface area contributed by atoms with Gasteiger partial charge in [-0.05, 0) is 6.26 Å². The molecule has 0 bridgehead atoms. The van der Waals surface area contributed by atoms with Crippen molar-refractivity contribution < 1.29 is 9.53 Å². The second-order valence-electron chi connectivity index (χ2n) is 2.44. The summed E-state index contributed by atoms with van der Waals surface area (Å²) in [6.45, 7) is 3.57. The zero-order chi connectivity index (χ0) is 11.3. The Morgan fingerprint density at radius 2 is 2.53 bits per heavy atom. The minimum absolute atomic E-state index is 0.0814. The zero-order valence-electron chi connectivity index (χ0n) is 8.07. The number of aromatic nitrogens is 2. The van der Waals surface area contributed by atoms with Gasteiger partial charge in [0.2, 0.25) is 0 Å². The molecule has 1 aromatic rings. The molecule has 0 aliphatic carbocycles. The Morgan fingerprint density at radius 3 is 3.13 bits per heavy atom. The molecule has 1 heterocycles. The lowest BCUT2D eigenvalue weighted by Crippen LogP contribution is -2.09. The topological polar surface area (TPSA) is 52.1 Å². The van der Waals surface area contributed by atoms with Crippen molar-refractivity contribution in [2.75, 3.05) is 12.9 Å². The van der Waals surface area contributed by atoms with Gasteiger partial charge in [0.1, 0.15) is 6.61 Å². The largest absolute Gasteiger partial charge is 0.457 e. The summed E-state index contributed by atoms with van der Waals surface area (Å²) in [6, 6.07) is 0. The highest BCUT2D eigenvalue weighted by atomic mass is 35.5. The van der Waals surface area contributed by atoms with Gasteiger partial charge in [0.25, 0.3) is 0 Å². The molecule has 0 radical (unpaired) electrons. The molecule has 80 valence electrons. The van der Waals surface area contributed by atoms with E-state index < -0.39 is 5.97 Å². The van der Waals surface area contributed by atoms with Crippen LogP contribution < -0.4 is 0 Å². The molecule has 15 heavy (non-hydrogen) atoms. The predicted molar refractivity (Wildman–Crippen MR) is 59.3 cm³/mol. The molecule has 0 amide bonds. The van der Waals surface area contributed by atoms with Crippen LogP contribution in [0.2, 0.25) is 5.02 Å². The summed E-state index contributed by atoms with van der Waals surface area (Å²) in [5.41, 5.74) is 0.0814. The van der Waals surface area contributed by atoms with E-state index in [1.54, 1.807) is 0 Å². The summed E-state index contributed by atoms with van der Waals surface area (Å²) in [5.74, 6) is -0.572. The quantitative estimate of drug-likeness (QED) is 0.352. The van der Waals surface area contributed by atoms with Crippen molar-refractivity contribution in [3.05, 3.63) is 29.6 Å². The van der Waals surface area contributed by atoms with E-state index in [2.05, 4.69) is 16.5 Å². The standard InChI is InChI=1S/C9H9ClN2O2S/c1-3-4-14-8(13)7-6(10)5-11-9(12-7)15-2/h3,5H,1,4H2,2H3. The number of rotatable bonds is 4. The van der Waals surface area contributed by atoms with Crippen LogP contribution in [0.3, 0.4) is 0 Å². The predicted octanol–water partition coefficient (Wildman–Crippen LogP) is 2.19. The fourth-order valence-electron chi connectivity index (χ4n) is 0.795. The number of ether oxygens (including phenoxy) is 1. The molecule has 0 N–H and O–H groups in total. The van der Waals surface area contributed by atoms with Gasteiger partial charge < -0.3 is 4.74 Å². The van der Waals surface area contributed by atoms with Crippen molar-refractivity contribution in [2.24, 2.45) is 0 Å². The highest BCUT2D eigenvalue weighted by Crippen LogP contribution is 2.17. The number of halogens is 1. The monoisotopic (exact) mass is 244 g/mol. The zero-order valence-corrected chi connectivity index (χ0v) is 9.64. The van der Waals surface area contributed by atoms with Gasteiger partial charge in [0.05, 0.1) is 11.2 Å². The van der Waals surface area contributed by atoms with Gasteiger partial charge >= 0.3 is 5.97 Å². The van der Waals surface area contributed by atoms with E-state index in [9.17, 15) is 4.79 Å². The molecule has 0 aliphatic rings. The third-order valence-electron chi connectivity index (χ3n) is 1.43. The van der Waals surface area contributed by atoms with Gasteiger partial charge in [0, 0.05) is 0 Å². The Balaban J connectivity index is 2.91. The molecular weight excluding hydrogens is 236 g/mol. The maximum atomic E-state index is 11.4. The SMILES string of the molecule is C=CCOC(=O)c1nc(SC)ncc1Cl. The first-order chi connectivity index (χ1) is 7.19. The number of esters is 1. The van der Waals surface area contributed by atoms with Crippen LogP contribution in [0.15, 0.2) is 24.0 Å². The molecule has 0 spiro atoms. The Kier molecular flexibility index (Phi) is 4.58. The summed E-state index contributed by atoms with van der Waals surface area (Å²) in [6.07, 6.45) is 4.66. The first-order valence-corrected chi connectivity index (χ1v) is 5.64. The smallest absolute Gasteiger partial charge is 0.358 e. The van der Waals surface area contributed by atoms with Gasteiger partial charge in [-0.15, -0.1) is 0 Å². The van der Waals surface area contributed by atoms with Crippen molar-refractivity contribution >= 4 is 29.3 Å². The molecule has 0 fully saturated rings. The second-order valence-corrected chi connectivity index (χ2v) is 3.62. The minimum Gasteiger partial charge on any atom is -0.457 e. The molecule has 1 rings (SSSR count). The van der Waals surface area contributed by atoms with Crippen LogP contribution in [-0.2, 0) is 4.74 Å². The van der Waals surface area contributed by atoms with Gasteiger partial charge in [-0.2, -0.15) is 0 Å². The lowest BCUT2D eigenvalue weighted by atomic mass is 10.4. The first kappa shape index (κ1) is 12.0. The third-order valence-corrected chi connectivity index (χ3v) is 2.27. The number of thioether (sulfide) groups is 1. The van der Waals surface area contributed by atoms with Crippen LogP contribution in [0, 0.1) is 0 Å². The van der Waals surface area contributed by atoms with E-state index in [0.717, 1.165) is 0 Å². The van der Waals surface area contributed by atoms with Gasteiger partial charge in [0.15, 0.2) is 10.9 Å². The van der Waals surface area contributed by atoms with E-state index >= 15 is 0 Å². The lowest BCUT2D eigenvalue weighted by Gasteiger charge is -2.03. The average molecular weight is 245 g/mol. The minimum atomic E-state index is -0.572. The number of nitrogens with zero attached hydrogens (tertiary/aromatic N) is 2. The second kappa shape index (κ2) is 5.72. The van der Waals surface area contributed by atoms with Crippen LogP contribution in [0.4, 0.5) is 0 Å². The molecule has 4 nitrogen and oxygen atoms in total. The fourth-order valence-corrected chi connectivity index (χ4v) is 1.30. The van der Waals surface area contributed by atoms with Gasteiger partial charge in [-0.25, -0.2) is 14.8 Å². The first-order valence-electron chi connectivity index (χ1n) is 4.03. The Bertz CT molecular complexity index is 384. The van der Waals surface area contributed by atoms with Crippen molar-refractivity contribution in [2.45, 2.75) is 5.16 Å². The highest BCUT2D eigenvalue weighted by molar-refractivity contribution is 7.98. The maximum absolute atomic E-state index is 11.4. The van der Waals surface area contributed by atoms with Crippen molar-refractivity contribution in [1.29, 1.82) is 0 Å². The average Bonchev–Trinajstić information content (AvgIpc) is 2.26. The Labute approximate surface area is 96.7 Å². The van der Waals surface area contributed by atoms with E-state index in [1.807, 2.05) is 6.26 Å². The van der Waals surface area contributed by atoms with Crippen LogP contribution in [0.1, 0.15) is 10.5 Å². The summed E-state index contributed by atoms with van der Waals surface area (Å²) in [5, 5.41) is 0.659. The Morgan fingerprint density at radius 1 is 1.80 bits per heavy atom. The summed E-state index contributed by atoms with van der Waals surface area (Å²) >= 11 is 7.09. The highest BCUT2D eigenvalue weighted by Gasteiger charge is 2.14. The molecule has 0 aromatic carbocycles. The van der Waals surface area contributed by atoms with Crippen LogP contribution >= 0.6 is 23.4 Å². The molecule has 0 atom stereocenters. The summed E-state index contributed by atoms with van der Waals surface area (Å²) < 4.78 is 4.82. The van der Waals surface area contributed by atoms with Crippen molar-refractivity contribution in [3.63, 3.8) is 0 Å². The Hall–Kier alpha value is -1.07. The van der Waals surface area contributed by atoms with Crippen LogP contribution in [-0.4, -0.2) is 28.8 Å². The maximum Gasteiger partial charge on any atom is 0.358 e. The van der Waals surface area contributed by atoms with Gasteiger partial charge in [-0.1, -0.05) is 36.0 Å². The molecule has 0 unspecified atom stereocenters. The molecule has 0 saturated carbocycles. The van der Waals surface area contributed by atoms with Crippen molar-refractivity contribution in [3.8, 4) is 0 Å².